The highest BCUT2D eigenvalue weighted by atomic mass is 127. The molecule has 0 unspecified atom stereocenters. The SMILES string of the molecule is CN=C(NCc1cccc(Cn2ccnc2C)c1)NCc1nc(C(C)C)cs1.I. The Bertz CT molecular complexity index is 931. The number of aliphatic imine (C=N–C) groups is 1. The lowest BCUT2D eigenvalue weighted by Crippen LogP contribution is -2.36. The molecule has 0 saturated carbocycles. The fourth-order valence-corrected chi connectivity index (χ4v) is 3.74. The fraction of sp³-hybridized carbons (Fsp3) is 0.381. The predicted molar refractivity (Wildman–Crippen MR) is 131 cm³/mol. The largest absolute Gasteiger partial charge is 0.352 e. The number of aromatic nitrogens is 3. The average Bonchev–Trinajstić information content (AvgIpc) is 3.32. The summed E-state index contributed by atoms with van der Waals surface area (Å²) in [6.45, 7) is 8.56. The van der Waals surface area contributed by atoms with Crippen molar-refractivity contribution in [3.05, 3.63) is 69.7 Å². The van der Waals surface area contributed by atoms with Crippen LogP contribution in [0.15, 0.2) is 47.0 Å². The number of benzene rings is 1. The first kappa shape index (κ1) is 23.3. The van der Waals surface area contributed by atoms with E-state index in [9.17, 15) is 0 Å². The van der Waals surface area contributed by atoms with E-state index in [1.54, 1.807) is 18.4 Å². The molecule has 29 heavy (non-hydrogen) atoms. The van der Waals surface area contributed by atoms with Crippen LogP contribution in [0.2, 0.25) is 0 Å². The molecule has 8 heteroatoms. The first-order chi connectivity index (χ1) is 13.5. The van der Waals surface area contributed by atoms with E-state index in [2.05, 4.69) is 73.7 Å². The van der Waals surface area contributed by atoms with Gasteiger partial charge in [-0.1, -0.05) is 38.1 Å². The lowest BCUT2D eigenvalue weighted by Gasteiger charge is -2.12. The number of guanidine groups is 1. The van der Waals surface area contributed by atoms with Crippen LogP contribution in [0.4, 0.5) is 0 Å². The van der Waals surface area contributed by atoms with Gasteiger partial charge in [0.2, 0.25) is 0 Å². The van der Waals surface area contributed by atoms with Crippen molar-refractivity contribution >= 4 is 41.3 Å². The Morgan fingerprint density at radius 2 is 1.97 bits per heavy atom. The van der Waals surface area contributed by atoms with Crippen molar-refractivity contribution in [2.24, 2.45) is 4.99 Å². The topological polar surface area (TPSA) is 67.1 Å². The number of thiazole rings is 1. The Labute approximate surface area is 193 Å². The van der Waals surface area contributed by atoms with Gasteiger partial charge in [-0.15, -0.1) is 35.3 Å². The predicted octanol–water partition coefficient (Wildman–Crippen LogP) is 4.30. The van der Waals surface area contributed by atoms with Gasteiger partial charge >= 0.3 is 0 Å². The zero-order valence-corrected chi connectivity index (χ0v) is 20.5. The Morgan fingerprint density at radius 3 is 2.62 bits per heavy atom. The molecule has 0 bridgehead atoms. The van der Waals surface area contributed by atoms with E-state index in [-0.39, 0.29) is 24.0 Å². The Balaban J connectivity index is 0.00000300. The van der Waals surface area contributed by atoms with Gasteiger partial charge in [0.05, 0.1) is 12.2 Å². The summed E-state index contributed by atoms with van der Waals surface area (Å²) in [5.41, 5.74) is 3.62. The first-order valence-corrected chi connectivity index (χ1v) is 10.4. The second-order valence-electron chi connectivity index (χ2n) is 7.02. The summed E-state index contributed by atoms with van der Waals surface area (Å²) in [4.78, 5) is 13.3. The number of rotatable bonds is 7. The molecule has 2 aromatic heterocycles. The van der Waals surface area contributed by atoms with E-state index < -0.39 is 0 Å². The maximum atomic E-state index is 4.65. The van der Waals surface area contributed by atoms with Gasteiger partial charge in [-0.05, 0) is 24.0 Å². The third kappa shape index (κ3) is 6.81. The van der Waals surface area contributed by atoms with Crippen molar-refractivity contribution in [2.45, 2.75) is 46.3 Å². The molecule has 2 N–H and O–H groups in total. The number of hydrogen-bond acceptors (Lipinski definition) is 4. The molecule has 0 atom stereocenters. The number of halogens is 1. The zero-order valence-electron chi connectivity index (χ0n) is 17.3. The van der Waals surface area contributed by atoms with Gasteiger partial charge < -0.3 is 15.2 Å². The Kier molecular flexibility index (Phi) is 9.09. The molecule has 0 spiro atoms. The summed E-state index contributed by atoms with van der Waals surface area (Å²) in [5, 5.41) is 9.92. The molecule has 2 heterocycles. The molecule has 156 valence electrons. The molecule has 0 aliphatic carbocycles. The van der Waals surface area contributed by atoms with E-state index in [1.165, 1.54) is 11.1 Å². The van der Waals surface area contributed by atoms with Gasteiger partial charge in [-0.3, -0.25) is 4.99 Å². The van der Waals surface area contributed by atoms with Crippen LogP contribution in [0.3, 0.4) is 0 Å². The molecular weight excluding hydrogens is 495 g/mol. The maximum Gasteiger partial charge on any atom is 0.191 e. The highest BCUT2D eigenvalue weighted by molar-refractivity contribution is 14.0. The maximum absolute atomic E-state index is 4.65. The molecule has 0 aliphatic rings. The molecule has 6 nitrogen and oxygen atoms in total. The van der Waals surface area contributed by atoms with Crippen LogP contribution in [0.1, 0.15) is 47.4 Å². The summed E-state index contributed by atoms with van der Waals surface area (Å²) >= 11 is 1.69. The van der Waals surface area contributed by atoms with Crippen LogP contribution < -0.4 is 10.6 Å². The number of nitrogens with one attached hydrogen (secondary N) is 2. The second-order valence-corrected chi connectivity index (χ2v) is 7.97. The van der Waals surface area contributed by atoms with Crippen molar-refractivity contribution in [1.82, 2.24) is 25.2 Å². The van der Waals surface area contributed by atoms with Gasteiger partial charge in [0.15, 0.2) is 5.96 Å². The fourth-order valence-electron chi connectivity index (χ4n) is 2.84. The third-order valence-corrected chi connectivity index (χ3v) is 5.39. The summed E-state index contributed by atoms with van der Waals surface area (Å²) < 4.78 is 2.15. The van der Waals surface area contributed by atoms with Gasteiger partial charge in [0, 0.05) is 37.9 Å². The van der Waals surface area contributed by atoms with Gasteiger partial charge in [-0.2, -0.15) is 0 Å². The van der Waals surface area contributed by atoms with E-state index in [0.29, 0.717) is 19.0 Å². The summed E-state index contributed by atoms with van der Waals surface area (Å²) in [6.07, 6.45) is 3.85. The van der Waals surface area contributed by atoms with Crippen LogP contribution in [0.5, 0.6) is 0 Å². The Morgan fingerprint density at radius 1 is 1.21 bits per heavy atom. The average molecular weight is 524 g/mol. The summed E-state index contributed by atoms with van der Waals surface area (Å²) in [6, 6.07) is 8.58. The van der Waals surface area contributed by atoms with E-state index >= 15 is 0 Å². The first-order valence-electron chi connectivity index (χ1n) is 9.49. The quantitative estimate of drug-likeness (QED) is 0.275. The van der Waals surface area contributed by atoms with Gasteiger partial charge in [0.1, 0.15) is 10.8 Å². The molecule has 0 fully saturated rings. The molecule has 3 rings (SSSR count). The van der Waals surface area contributed by atoms with Crippen molar-refractivity contribution in [3.63, 3.8) is 0 Å². The van der Waals surface area contributed by atoms with Crippen molar-refractivity contribution < 1.29 is 0 Å². The molecular formula is C21H29IN6S. The van der Waals surface area contributed by atoms with E-state index in [0.717, 1.165) is 29.0 Å². The Hall–Kier alpha value is -1.94. The van der Waals surface area contributed by atoms with Crippen LogP contribution in [-0.2, 0) is 19.6 Å². The number of hydrogen-bond donors (Lipinski definition) is 2. The lowest BCUT2D eigenvalue weighted by atomic mass is 10.1. The third-order valence-electron chi connectivity index (χ3n) is 4.52. The minimum absolute atomic E-state index is 0. The molecule has 3 aromatic rings. The summed E-state index contributed by atoms with van der Waals surface area (Å²) in [7, 11) is 1.79. The molecule has 0 amide bonds. The minimum atomic E-state index is 0. The summed E-state index contributed by atoms with van der Waals surface area (Å²) in [5.74, 6) is 2.26. The number of nitrogens with zero attached hydrogens (tertiary/aromatic N) is 4. The van der Waals surface area contributed by atoms with Crippen LogP contribution in [0, 0.1) is 6.92 Å². The van der Waals surface area contributed by atoms with Crippen LogP contribution >= 0.6 is 35.3 Å². The van der Waals surface area contributed by atoms with Crippen molar-refractivity contribution in [3.8, 4) is 0 Å². The highest BCUT2D eigenvalue weighted by Crippen LogP contribution is 2.17. The normalized spacial score (nSPS) is 11.4. The second kappa shape index (κ2) is 11.3. The molecule has 0 saturated heterocycles. The van der Waals surface area contributed by atoms with Crippen molar-refractivity contribution in [1.29, 1.82) is 0 Å². The molecule has 1 aromatic carbocycles. The highest BCUT2D eigenvalue weighted by Gasteiger charge is 2.07. The number of aryl methyl sites for hydroxylation is 1. The van der Waals surface area contributed by atoms with Crippen LogP contribution in [0.25, 0.3) is 0 Å². The van der Waals surface area contributed by atoms with E-state index in [1.807, 2.05) is 19.3 Å². The van der Waals surface area contributed by atoms with Crippen molar-refractivity contribution in [2.75, 3.05) is 7.05 Å². The van der Waals surface area contributed by atoms with Gasteiger partial charge in [-0.25, -0.2) is 9.97 Å². The number of imidazole rings is 1. The smallest absolute Gasteiger partial charge is 0.191 e. The zero-order chi connectivity index (χ0) is 19.9. The standard InChI is InChI=1S/C21H28N6S.HI/c1-15(2)19-14-28-20(26-19)12-25-21(22-4)24-11-17-6-5-7-18(10-17)13-27-9-8-23-16(27)3;/h5-10,14-15H,11-13H2,1-4H3,(H2,22,24,25);1H. The van der Waals surface area contributed by atoms with Gasteiger partial charge in [0.25, 0.3) is 0 Å². The van der Waals surface area contributed by atoms with Crippen LogP contribution in [-0.4, -0.2) is 27.5 Å². The molecule has 0 radical (unpaired) electrons. The molecule has 0 aliphatic heterocycles. The monoisotopic (exact) mass is 524 g/mol. The lowest BCUT2D eigenvalue weighted by molar-refractivity contribution is 0.757. The minimum Gasteiger partial charge on any atom is -0.352 e. The van der Waals surface area contributed by atoms with E-state index in [4.69, 9.17) is 0 Å².